The molecule has 0 bridgehead atoms. The molecule has 0 N–H and O–H groups in total. The maximum absolute atomic E-state index is 13.3. The molecule has 0 aliphatic heterocycles. The summed E-state index contributed by atoms with van der Waals surface area (Å²) in [5, 5.41) is 6.41. The van der Waals surface area contributed by atoms with Gasteiger partial charge in [-0.25, -0.2) is 4.98 Å². The zero-order valence-corrected chi connectivity index (χ0v) is 17.8. The first-order chi connectivity index (χ1) is 14.5. The highest BCUT2D eigenvalue weighted by Gasteiger charge is 2.21. The van der Waals surface area contributed by atoms with Crippen molar-refractivity contribution in [3.05, 3.63) is 89.0 Å². The number of carbonyl (C=O) groups is 1. The van der Waals surface area contributed by atoms with Gasteiger partial charge in [0.25, 0.3) is 5.91 Å². The van der Waals surface area contributed by atoms with Gasteiger partial charge in [0.2, 0.25) is 5.13 Å². The van der Waals surface area contributed by atoms with E-state index in [1.165, 1.54) is 16.3 Å². The van der Waals surface area contributed by atoms with E-state index < -0.39 is 0 Å². The van der Waals surface area contributed by atoms with Crippen molar-refractivity contribution in [2.75, 3.05) is 12.1 Å². The molecule has 0 atom stereocenters. The number of nitrogens with zero attached hydrogens (tertiary/aromatic N) is 3. The van der Waals surface area contributed by atoms with E-state index in [0.717, 1.165) is 32.7 Å². The summed E-state index contributed by atoms with van der Waals surface area (Å²) in [7, 11) is 1.62. The molecule has 30 heavy (non-hydrogen) atoms. The van der Waals surface area contributed by atoms with Crippen LogP contribution in [-0.4, -0.2) is 24.2 Å². The van der Waals surface area contributed by atoms with Crippen LogP contribution in [0.2, 0.25) is 0 Å². The number of anilines is 1. The van der Waals surface area contributed by atoms with E-state index in [1.807, 2.05) is 74.5 Å². The van der Waals surface area contributed by atoms with Crippen LogP contribution in [0.4, 0.5) is 5.13 Å². The van der Waals surface area contributed by atoms with Gasteiger partial charge in [0.05, 0.1) is 23.5 Å². The minimum Gasteiger partial charge on any atom is -0.497 e. The van der Waals surface area contributed by atoms with E-state index in [4.69, 9.17) is 4.74 Å². The molecule has 1 aromatic heterocycles. The second-order valence-corrected chi connectivity index (χ2v) is 7.98. The Bertz CT molecular complexity index is 1210. The fourth-order valence-electron chi connectivity index (χ4n) is 2.93. The molecule has 0 unspecified atom stereocenters. The number of thiazole rings is 1. The van der Waals surface area contributed by atoms with Crippen LogP contribution >= 0.6 is 11.3 Å². The molecule has 0 radical (unpaired) electrons. The molecule has 0 aliphatic rings. The number of hydrazone groups is 1. The van der Waals surface area contributed by atoms with Gasteiger partial charge in [-0.2, -0.15) is 10.1 Å². The van der Waals surface area contributed by atoms with E-state index in [-0.39, 0.29) is 5.91 Å². The van der Waals surface area contributed by atoms with Crippen molar-refractivity contribution in [1.29, 1.82) is 0 Å². The van der Waals surface area contributed by atoms with Gasteiger partial charge < -0.3 is 4.74 Å². The van der Waals surface area contributed by atoms with Crippen LogP contribution in [0.5, 0.6) is 5.75 Å². The normalized spacial score (nSPS) is 11.2. The molecule has 1 heterocycles. The zero-order chi connectivity index (χ0) is 21.1. The fraction of sp³-hybridized carbons (Fsp3) is 0.125. The van der Waals surface area contributed by atoms with Crippen molar-refractivity contribution in [1.82, 2.24) is 4.98 Å². The quantitative estimate of drug-likeness (QED) is 0.315. The molecule has 4 rings (SSSR count). The van der Waals surface area contributed by atoms with Crippen molar-refractivity contribution in [3.8, 4) is 5.75 Å². The number of amides is 1. The van der Waals surface area contributed by atoms with Gasteiger partial charge in [-0.3, -0.25) is 4.79 Å². The third-order valence-corrected chi connectivity index (χ3v) is 5.64. The fourth-order valence-corrected chi connectivity index (χ4v) is 3.95. The number of carbonyl (C=O) groups excluding carboxylic acids is 1. The molecule has 5 nitrogen and oxygen atoms in total. The lowest BCUT2D eigenvalue weighted by Crippen LogP contribution is -2.25. The van der Waals surface area contributed by atoms with Gasteiger partial charge in [0, 0.05) is 5.56 Å². The molecule has 6 heteroatoms. The Labute approximate surface area is 179 Å². The number of aromatic nitrogens is 1. The molecule has 0 saturated carbocycles. The molecule has 0 spiro atoms. The van der Waals surface area contributed by atoms with Gasteiger partial charge in [-0.1, -0.05) is 35.1 Å². The van der Waals surface area contributed by atoms with Crippen LogP contribution in [0, 0.1) is 13.8 Å². The van der Waals surface area contributed by atoms with Crippen LogP contribution in [0.15, 0.2) is 71.8 Å². The Hall–Kier alpha value is -3.51. The number of rotatable bonds is 5. The summed E-state index contributed by atoms with van der Waals surface area (Å²) in [6.45, 7) is 4.03. The van der Waals surface area contributed by atoms with Gasteiger partial charge in [0.15, 0.2) is 0 Å². The van der Waals surface area contributed by atoms with E-state index in [0.29, 0.717) is 10.7 Å². The first kappa shape index (κ1) is 19.8. The number of ether oxygens (including phenoxy) is 1. The summed E-state index contributed by atoms with van der Waals surface area (Å²) in [6.07, 6.45) is 1.66. The summed E-state index contributed by atoms with van der Waals surface area (Å²) >= 11 is 1.45. The van der Waals surface area contributed by atoms with Crippen LogP contribution in [0.1, 0.15) is 27.0 Å². The Morgan fingerprint density at radius 1 is 1.00 bits per heavy atom. The van der Waals surface area contributed by atoms with Crippen molar-refractivity contribution >= 4 is 38.8 Å². The predicted molar refractivity (Wildman–Crippen MR) is 123 cm³/mol. The molecular formula is C24H21N3O2S. The van der Waals surface area contributed by atoms with Crippen molar-refractivity contribution in [2.45, 2.75) is 13.8 Å². The largest absolute Gasteiger partial charge is 0.497 e. The molecule has 4 aromatic rings. The number of hydrogen-bond donors (Lipinski definition) is 0. The van der Waals surface area contributed by atoms with Crippen molar-refractivity contribution < 1.29 is 9.53 Å². The SMILES string of the molecule is COc1ccc(/C=N/N(C(=O)c2ccc(C)cc2)c2nc3ccc(C)cc3s2)cc1. The van der Waals surface area contributed by atoms with Gasteiger partial charge in [-0.15, -0.1) is 0 Å². The summed E-state index contributed by atoms with van der Waals surface area (Å²) in [5.41, 5.74) is 4.51. The minimum absolute atomic E-state index is 0.226. The van der Waals surface area contributed by atoms with Crippen molar-refractivity contribution in [2.24, 2.45) is 5.10 Å². The molecule has 0 aliphatic carbocycles. The van der Waals surface area contributed by atoms with Crippen LogP contribution in [0.3, 0.4) is 0 Å². The molecular weight excluding hydrogens is 394 g/mol. The Kier molecular flexibility index (Phi) is 5.59. The standard InChI is InChI=1S/C24H21N3O2S/c1-16-4-9-19(10-5-16)23(28)27(25-15-18-7-11-20(29-3)12-8-18)24-26-21-13-6-17(2)14-22(21)30-24/h4-15H,1-3H3/b25-15+. The highest BCUT2D eigenvalue weighted by atomic mass is 32.1. The van der Waals surface area contributed by atoms with E-state index in [2.05, 4.69) is 16.2 Å². The Balaban J connectivity index is 1.73. The molecule has 150 valence electrons. The summed E-state index contributed by atoms with van der Waals surface area (Å²) in [5.74, 6) is 0.539. The monoisotopic (exact) mass is 415 g/mol. The number of fused-ring (bicyclic) bond motifs is 1. The maximum atomic E-state index is 13.3. The topological polar surface area (TPSA) is 54.8 Å². The maximum Gasteiger partial charge on any atom is 0.280 e. The number of methoxy groups -OCH3 is 1. The van der Waals surface area contributed by atoms with Gasteiger partial charge in [-0.05, 0) is 73.5 Å². The van der Waals surface area contributed by atoms with E-state index in [1.54, 1.807) is 13.3 Å². The third-order valence-electron chi connectivity index (χ3n) is 4.64. The van der Waals surface area contributed by atoms with Crippen LogP contribution < -0.4 is 9.75 Å². The highest BCUT2D eigenvalue weighted by molar-refractivity contribution is 7.22. The second kappa shape index (κ2) is 8.47. The van der Waals surface area contributed by atoms with Gasteiger partial charge in [0.1, 0.15) is 5.75 Å². The highest BCUT2D eigenvalue weighted by Crippen LogP contribution is 2.30. The molecule has 0 fully saturated rings. The van der Waals surface area contributed by atoms with Crippen LogP contribution in [-0.2, 0) is 0 Å². The minimum atomic E-state index is -0.226. The average molecular weight is 416 g/mol. The van der Waals surface area contributed by atoms with E-state index >= 15 is 0 Å². The molecule has 1 amide bonds. The third kappa shape index (κ3) is 4.23. The Morgan fingerprint density at radius 3 is 2.40 bits per heavy atom. The molecule has 3 aromatic carbocycles. The van der Waals surface area contributed by atoms with Crippen LogP contribution in [0.25, 0.3) is 10.2 Å². The summed E-state index contributed by atoms with van der Waals surface area (Å²) in [6, 6.07) is 21.0. The lowest BCUT2D eigenvalue weighted by Gasteiger charge is -2.14. The number of hydrogen-bond acceptors (Lipinski definition) is 5. The zero-order valence-electron chi connectivity index (χ0n) is 17.0. The predicted octanol–water partition coefficient (Wildman–Crippen LogP) is 5.60. The summed E-state index contributed by atoms with van der Waals surface area (Å²) < 4.78 is 6.22. The second-order valence-electron chi connectivity index (χ2n) is 6.97. The van der Waals surface area contributed by atoms with Crippen molar-refractivity contribution in [3.63, 3.8) is 0 Å². The lowest BCUT2D eigenvalue weighted by molar-refractivity contribution is 0.0988. The van der Waals surface area contributed by atoms with E-state index in [9.17, 15) is 4.79 Å². The smallest absolute Gasteiger partial charge is 0.280 e. The first-order valence-corrected chi connectivity index (χ1v) is 10.3. The summed E-state index contributed by atoms with van der Waals surface area (Å²) in [4.78, 5) is 17.9. The molecule has 0 saturated heterocycles. The van der Waals surface area contributed by atoms with Gasteiger partial charge >= 0.3 is 0 Å². The number of aryl methyl sites for hydroxylation is 2. The Morgan fingerprint density at radius 2 is 1.70 bits per heavy atom. The number of benzene rings is 3. The first-order valence-electron chi connectivity index (χ1n) is 9.50. The lowest BCUT2D eigenvalue weighted by atomic mass is 10.1. The average Bonchev–Trinajstić information content (AvgIpc) is 3.17.